The Kier molecular flexibility index (Phi) is 6.77. The average Bonchev–Trinajstić information content (AvgIpc) is 2.81. The number of carbonyl (C=O) groups is 1. The number of nitrogens with two attached hydrogens (primary N) is 1. The fraction of sp³-hybridized carbons (Fsp3) is 0.346. The van der Waals surface area contributed by atoms with Gasteiger partial charge in [0.15, 0.2) is 5.69 Å². The molecule has 0 radical (unpaired) electrons. The first-order chi connectivity index (χ1) is 16.0. The van der Waals surface area contributed by atoms with E-state index in [0.29, 0.717) is 13.0 Å². The number of aromatic nitrogens is 2. The summed E-state index contributed by atoms with van der Waals surface area (Å²) in [5, 5.41) is 0. The highest BCUT2D eigenvalue weighted by Crippen LogP contribution is 2.24. The predicted octanol–water partition coefficient (Wildman–Crippen LogP) is 3.03. The summed E-state index contributed by atoms with van der Waals surface area (Å²) in [6.07, 6.45) is 5.31. The Morgan fingerprint density at radius 2 is 1.76 bits per heavy atom. The van der Waals surface area contributed by atoms with Crippen molar-refractivity contribution in [2.45, 2.75) is 52.0 Å². The van der Waals surface area contributed by atoms with Crippen molar-refractivity contribution in [1.82, 2.24) is 9.55 Å². The molecular weight excluding hydrogens is 416 g/mol. The average molecular weight is 447 g/mol. The minimum Gasteiger partial charge on any atom is -0.383 e. The Morgan fingerprint density at radius 1 is 1.03 bits per heavy atom. The highest BCUT2D eigenvalue weighted by Gasteiger charge is 2.24. The maximum Gasteiger partial charge on any atom is 0.330 e. The molecule has 3 aromatic rings. The lowest BCUT2D eigenvalue weighted by Crippen LogP contribution is -2.42. The first-order valence-electron chi connectivity index (χ1n) is 11.6. The zero-order valence-electron chi connectivity index (χ0n) is 19.0. The quantitative estimate of drug-likeness (QED) is 0.582. The number of fused-ring (bicyclic) bond motifs is 1. The lowest BCUT2D eigenvalue weighted by Gasteiger charge is -2.24. The number of nitrogens with one attached hydrogen (secondary N) is 1. The Bertz CT molecular complexity index is 1260. The lowest BCUT2D eigenvalue weighted by molar-refractivity contribution is -0.118. The molecule has 7 nitrogen and oxygen atoms in total. The predicted molar refractivity (Wildman–Crippen MR) is 131 cm³/mol. The van der Waals surface area contributed by atoms with Gasteiger partial charge in [-0.05, 0) is 54.4 Å². The third-order valence-electron chi connectivity index (χ3n) is 6.18. The van der Waals surface area contributed by atoms with E-state index in [1.54, 1.807) is 0 Å². The molecule has 1 aliphatic carbocycles. The molecule has 0 bridgehead atoms. The summed E-state index contributed by atoms with van der Waals surface area (Å²) in [7, 11) is 0. The smallest absolute Gasteiger partial charge is 0.330 e. The molecule has 33 heavy (non-hydrogen) atoms. The largest absolute Gasteiger partial charge is 0.383 e. The first kappa shape index (κ1) is 22.6. The van der Waals surface area contributed by atoms with E-state index in [9.17, 15) is 14.4 Å². The second-order valence-corrected chi connectivity index (χ2v) is 8.60. The van der Waals surface area contributed by atoms with Crippen LogP contribution in [0, 0.1) is 0 Å². The Hall–Kier alpha value is -3.61. The minimum absolute atomic E-state index is 0.000144. The molecule has 1 amide bonds. The Morgan fingerprint density at radius 3 is 2.48 bits per heavy atom. The highest BCUT2D eigenvalue weighted by molar-refractivity contribution is 5.96. The van der Waals surface area contributed by atoms with Gasteiger partial charge in [-0.2, -0.15) is 0 Å². The van der Waals surface area contributed by atoms with Crippen LogP contribution in [0.15, 0.2) is 58.1 Å². The van der Waals surface area contributed by atoms with Gasteiger partial charge in [-0.25, -0.2) is 4.79 Å². The molecule has 2 aromatic carbocycles. The van der Waals surface area contributed by atoms with E-state index in [-0.39, 0.29) is 30.4 Å². The van der Waals surface area contributed by atoms with Crippen LogP contribution < -0.4 is 21.9 Å². The van der Waals surface area contributed by atoms with Crippen molar-refractivity contribution in [3.05, 3.63) is 91.6 Å². The Balaban J connectivity index is 1.67. The number of H-pyrrole nitrogens is 1. The fourth-order valence-corrected chi connectivity index (χ4v) is 4.51. The molecule has 4 rings (SSSR count). The van der Waals surface area contributed by atoms with Crippen LogP contribution in [-0.4, -0.2) is 22.0 Å². The third kappa shape index (κ3) is 4.92. The van der Waals surface area contributed by atoms with Gasteiger partial charge in [0.05, 0.1) is 13.0 Å². The van der Waals surface area contributed by atoms with Crippen LogP contribution in [0.25, 0.3) is 0 Å². The number of benzene rings is 2. The van der Waals surface area contributed by atoms with Crippen molar-refractivity contribution in [1.29, 1.82) is 0 Å². The molecule has 0 spiro atoms. The summed E-state index contributed by atoms with van der Waals surface area (Å²) in [6.45, 7) is 2.47. The molecule has 0 unspecified atom stereocenters. The van der Waals surface area contributed by atoms with E-state index in [2.05, 4.69) is 17.1 Å². The van der Waals surface area contributed by atoms with Crippen LogP contribution in [0.4, 0.5) is 11.5 Å². The monoisotopic (exact) mass is 446 g/mol. The second-order valence-electron chi connectivity index (χ2n) is 8.60. The summed E-state index contributed by atoms with van der Waals surface area (Å²) in [5.74, 6) is -0.213. The van der Waals surface area contributed by atoms with E-state index < -0.39 is 11.2 Å². The van der Waals surface area contributed by atoms with Gasteiger partial charge in [0, 0.05) is 6.54 Å². The van der Waals surface area contributed by atoms with E-state index in [1.165, 1.54) is 33.4 Å². The maximum absolute atomic E-state index is 13.4. The number of anilines is 2. The molecule has 172 valence electrons. The van der Waals surface area contributed by atoms with Gasteiger partial charge >= 0.3 is 5.69 Å². The van der Waals surface area contributed by atoms with Gasteiger partial charge in [-0.15, -0.1) is 0 Å². The number of hydrogen-bond donors (Lipinski definition) is 2. The number of nitrogens with zero attached hydrogens (tertiary/aromatic N) is 2. The standard InChI is InChI=1S/C26H30N4O3/c1-2-14-29(22(31)16-19-12-13-20-10-6-7-11-21(20)15-19)23-24(27)30(26(33)28-25(23)32)17-18-8-4-3-5-9-18/h3-5,8-9,12-13,15H,2,6-7,10-11,14,16-17,27H2,1H3,(H,28,32,33). The van der Waals surface area contributed by atoms with E-state index in [1.807, 2.05) is 43.3 Å². The summed E-state index contributed by atoms with van der Waals surface area (Å²) < 4.78 is 1.31. The normalized spacial score (nSPS) is 12.9. The number of amides is 1. The van der Waals surface area contributed by atoms with Crippen LogP contribution in [0.1, 0.15) is 48.4 Å². The number of hydrogen-bond acceptors (Lipinski definition) is 4. The van der Waals surface area contributed by atoms with Crippen molar-refractivity contribution in [3.8, 4) is 0 Å². The number of rotatable bonds is 7. The number of aryl methyl sites for hydroxylation is 2. The molecule has 0 saturated heterocycles. The molecule has 1 aliphatic rings. The van der Waals surface area contributed by atoms with Gasteiger partial charge in [0.1, 0.15) is 5.82 Å². The molecular formula is C26H30N4O3. The Labute approximate surface area is 192 Å². The van der Waals surface area contributed by atoms with Crippen LogP contribution in [0.2, 0.25) is 0 Å². The van der Waals surface area contributed by atoms with Crippen LogP contribution in [-0.2, 0) is 30.6 Å². The van der Waals surface area contributed by atoms with Gasteiger partial charge in [0.25, 0.3) is 5.56 Å². The van der Waals surface area contributed by atoms with E-state index in [0.717, 1.165) is 24.0 Å². The summed E-state index contributed by atoms with van der Waals surface area (Å²) in [4.78, 5) is 42.4. The number of nitrogen functional groups attached to an aromatic ring is 1. The van der Waals surface area contributed by atoms with Crippen LogP contribution >= 0.6 is 0 Å². The van der Waals surface area contributed by atoms with Crippen LogP contribution in [0.5, 0.6) is 0 Å². The lowest BCUT2D eigenvalue weighted by atomic mass is 9.90. The zero-order valence-corrected chi connectivity index (χ0v) is 19.0. The number of aromatic amines is 1. The maximum atomic E-state index is 13.4. The van der Waals surface area contributed by atoms with Crippen molar-refractivity contribution in [3.63, 3.8) is 0 Å². The highest BCUT2D eigenvalue weighted by atomic mass is 16.2. The summed E-state index contributed by atoms with van der Waals surface area (Å²) >= 11 is 0. The molecule has 3 N–H and O–H groups in total. The molecule has 0 aliphatic heterocycles. The first-order valence-corrected chi connectivity index (χ1v) is 11.6. The zero-order chi connectivity index (χ0) is 23.4. The molecule has 1 aromatic heterocycles. The van der Waals surface area contributed by atoms with Crippen molar-refractivity contribution >= 4 is 17.4 Å². The van der Waals surface area contributed by atoms with Crippen molar-refractivity contribution < 1.29 is 4.79 Å². The SMILES string of the molecule is CCCN(C(=O)Cc1ccc2c(c1)CCCC2)c1c(N)n(Cc2ccccc2)c(=O)[nH]c1=O. The fourth-order valence-electron chi connectivity index (χ4n) is 4.51. The topological polar surface area (TPSA) is 101 Å². The van der Waals surface area contributed by atoms with E-state index in [4.69, 9.17) is 5.73 Å². The molecule has 0 saturated carbocycles. The van der Waals surface area contributed by atoms with Gasteiger partial charge in [0.2, 0.25) is 5.91 Å². The summed E-state index contributed by atoms with van der Waals surface area (Å²) in [5.41, 5.74) is 9.59. The van der Waals surface area contributed by atoms with Crippen LogP contribution in [0.3, 0.4) is 0 Å². The molecule has 1 heterocycles. The van der Waals surface area contributed by atoms with Crippen molar-refractivity contribution in [2.75, 3.05) is 17.2 Å². The number of carbonyl (C=O) groups excluding carboxylic acids is 1. The van der Waals surface area contributed by atoms with Crippen molar-refractivity contribution in [2.24, 2.45) is 0 Å². The second kappa shape index (κ2) is 9.90. The van der Waals surface area contributed by atoms with Gasteiger partial charge < -0.3 is 10.6 Å². The third-order valence-corrected chi connectivity index (χ3v) is 6.18. The van der Waals surface area contributed by atoms with Gasteiger partial charge in [-0.1, -0.05) is 55.5 Å². The molecule has 0 atom stereocenters. The van der Waals surface area contributed by atoms with E-state index >= 15 is 0 Å². The molecule has 0 fully saturated rings. The minimum atomic E-state index is -0.644. The summed E-state index contributed by atoms with van der Waals surface area (Å²) in [6, 6.07) is 15.6. The van der Waals surface area contributed by atoms with Gasteiger partial charge in [-0.3, -0.25) is 19.1 Å². The molecule has 7 heteroatoms.